The van der Waals surface area contributed by atoms with E-state index in [-0.39, 0.29) is 5.78 Å². The largest absolute Gasteiger partial charge is 0.300 e. The first-order chi connectivity index (χ1) is 6.52. The molecule has 1 aromatic rings. The Kier molecular flexibility index (Phi) is 3.69. The highest BCUT2D eigenvalue weighted by Gasteiger charge is 2.08. The van der Waals surface area contributed by atoms with Gasteiger partial charge in [-0.3, -0.25) is 4.68 Å². The van der Waals surface area contributed by atoms with Crippen LogP contribution in [0, 0.1) is 13.8 Å². The molecule has 0 spiro atoms. The molecule has 0 fully saturated rings. The molecule has 0 N–H and O–H groups in total. The van der Waals surface area contributed by atoms with Crippen LogP contribution >= 0.6 is 11.6 Å². The molecule has 0 unspecified atom stereocenters. The molecule has 0 aliphatic carbocycles. The molecule has 1 rings (SSSR count). The second-order valence-corrected chi connectivity index (χ2v) is 3.89. The average molecular weight is 215 g/mol. The number of aromatic nitrogens is 2. The van der Waals surface area contributed by atoms with Crippen LogP contribution in [0.2, 0.25) is 5.02 Å². The zero-order chi connectivity index (χ0) is 10.7. The van der Waals surface area contributed by atoms with Crippen molar-refractivity contribution in [2.45, 2.75) is 40.2 Å². The topological polar surface area (TPSA) is 34.9 Å². The van der Waals surface area contributed by atoms with Gasteiger partial charge in [-0.2, -0.15) is 5.10 Å². The fraction of sp³-hybridized carbons (Fsp3) is 0.600. The van der Waals surface area contributed by atoms with Gasteiger partial charge < -0.3 is 4.79 Å². The highest BCUT2D eigenvalue weighted by molar-refractivity contribution is 6.31. The van der Waals surface area contributed by atoms with E-state index in [2.05, 4.69) is 5.10 Å². The predicted octanol–water partition coefficient (Wildman–Crippen LogP) is 2.52. The summed E-state index contributed by atoms with van der Waals surface area (Å²) in [4.78, 5) is 10.7. The number of Topliss-reactive ketones (excluding diaryl/α,β-unsaturated/α-hetero) is 1. The molecule has 0 saturated heterocycles. The Bertz CT molecular complexity index is 344. The minimum absolute atomic E-state index is 0.220. The molecule has 0 amide bonds. The molecule has 14 heavy (non-hydrogen) atoms. The van der Waals surface area contributed by atoms with Crippen molar-refractivity contribution in [3.63, 3.8) is 0 Å². The summed E-state index contributed by atoms with van der Waals surface area (Å²) in [7, 11) is 0. The van der Waals surface area contributed by atoms with Gasteiger partial charge in [-0.25, -0.2) is 0 Å². The first-order valence-electron chi connectivity index (χ1n) is 4.71. The van der Waals surface area contributed by atoms with Crippen molar-refractivity contribution in [2.24, 2.45) is 0 Å². The van der Waals surface area contributed by atoms with Gasteiger partial charge in [-0.15, -0.1) is 0 Å². The van der Waals surface area contributed by atoms with Gasteiger partial charge in [0.1, 0.15) is 5.78 Å². The van der Waals surface area contributed by atoms with E-state index in [1.807, 2.05) is 18.5 Å². The number of aryl methyl sites for hydroxylation is 2. The molecule has 0 aliphatic rings. The lowest BCUT2D eigenvalue weighted by molar-refractivity contribution is -0.117. The molecular formula is C10H15ClN2O. The normalized spacial score (nSPS) is 10.6. The maximum Gasteiger partial charge on any atom is 0.129 e. The Morgan fingerprint density at radius 1 is 1.50 bits per heavy atom. The predicted molar refractivity (Wildman–Crippen MR) is 56.6 cm³/mol. The lowest BCUT2D eigenvalue weighted by atomic mass is 10.2. The van der Waals surface area contributed by atoms with Gasteiger partial charge in [0.2, 0.25) is 0 Å². The lowest BCUT2D eigenvalue weighted by Gasteiger charge is -2.02. The van der Waals surface area contributed by atoms with Gasteiger partial charge in [0.15, 0.2) is 0 Å². The molecule has 1 aromatic heterocycles. The highest BCUT2D eigenvalue weighted by atomic mass is 35.5. The van der Waals surface area contributed by atoms with Crippen molar-refractivity contribution >= 4 is 17.4 Å². The second kappa shape index (κ2) is 4.60. The summed E-state index contributed by atoms with van der Waals surface area (Å²) in [5, 5.41) is 5.01. The van der Waals surface area contributed by atoms with E-state index >= 15 is 0 Å². The molecule has 3 nitrogen and oxygen atoms in total. The van der Waals surface area contributed by atoms with Gasteiger partial charge in [-0.05, 0) is 27.2 Å². The SMILES string of the molecule is CC(=O)CCCn1nc(C)c(Cl)c1C. The lowest BCUT2D eigenvalue weighted by Crippen LogP contribution is -2.04. The second-order valence-electron chi connectivity index (χ2n) is 3.51. The van der Waals surface area contributed by atoms with Crippen molar-refractivity contribution in [3.05, 3.63) is 16.4 Å². The summed E-state index contributed by atoms with van der Waals surface area (Å²) in [6.45, 7) is 6.19. The number of halogens is 1. The maximum atomic E-state index is 10.7. The molecule has 0 aromatic carbocycles. The number of ketones is 1. The van der Waals surface area contributed by atoms with Crippen LogP contribution in [0.25, 0.3) is 0 Å². The molecule has 78 valence electrons. The first-order valence-corrected chi connectivity index (χ1v) is 5.09. The van der Waals surface area contributed by atoms with Crippen LogP contribution in [-0.2, 0) is 11.3 Å². The Morgan fingerprint density at radius 2 is 2.14 bits per heavy atom. The first kappa shape index (κ1) is 11.2. The van der Waals surface area contributed by atoms with Gasteiger partial charge >= 0.3 is 0 Å². The zero-order valence-electron chi connectivity index (χ0n) is 8.80. The summed E-state index contributed by atoms with van der Waals surface area (Å²) in [5.41, 5.74) is 1.83. The minimum Gasteiger partial charge on any atom is -0.300 e. The number of rotatable bonds is 4. The van der Waals surface area contributed by atoms with Crippen LogP contribution in [0.1, 0.15) is 31.2 Å². The summed E-state index contributed by atoms with van der Waals surface area (Å²) in [5.74, 6) is 0.220. The van der Waals surface area contributed by atoms with E-state index in [4.69, 9.17) is 11.6 Å². The van der Waals surface area contributed by atoms with Crippen molar-refractivity contribution in [1.82, 2.24) is 9.78 Å². The third kappa shape index (κ3) is 2.58. The fourth-order valence-electron chi connectivity index (χ4n) is 1.37. The third-order valence-corrected chi connectivity index (χ3v) is 2.74. The molecule has 0 radical (unpaired) electrons. The van der Waals surface area contributed by atoms with Crippen molar-refractivity contribution in [2.75, 3.05) is 0 Å². The zero-order valence-corrected chi connectivity index (χ0v) is 9.56. The average Bonchev–Trinajstić information content (AvgIpc) is 2.33. The van der Waals surface area contributed by atoms with Gasteiger partial charge in [0.25, 0.3) is 0 Å². The van der Waals surface area contributed by atoms with Gasteiger partial charge in [0, 0.05) is 13.0 Å². The van der Waals surface area contributed by atoms with Crippen molar-refractivity contribution in [1.29, 1.82) is 0 Å². The van der Waals surface area contributed by atoms with E-state index in [1.165, 1.54) is 0 Å². The quantitative estimate of drug-likeness (QED) is 0.772. The fourth-order valence-corrected chi connectivity index (χ4v) is 1.51. The van der Waals surface area contributed by atoms with Crippen LogP contribution in [0.5, 0.6) is 0 Å². The van der Waals surface area contributed by atoms with Crippen molar-refractivity contribution < 1.29 is 4.79 Å². The summed E-state index contributed by atoms with van der Waals surface area (Å²) < 4.78 is 1.86. The monoisotopic (exact) mass is 214 g/mol. The van der Waals surface area contributed by atoms with E-state index in [0.29, 0.717) is 6.42 Å². The highest BCUT2D eigenvalue weighted by Crippen LogP contribution is 2.19. The van der Waals surface area contributed by atoms with Gasteiger partial charge in [-0.1, -0.05) is 11.6 Å². The Hall–Kier alpha value is -0.830. The van der Waals surface area contributed by atoms with Crippen molar-refractivity contribution in [3.8, 4) is 0 Å². The number of carbonyl (C=O) groups is 1. The van der Waals surface area contributed by atoms with Crippen LogP contribution in [0.4, 0.5) is 0 Å². The molecule has 4 heteroatoms. The number of carbonyl (C=O) groups excluding carboxylic acids is 1. The maximum absolute atomic E-state index is 10.7. The molecule has 0 bridgehead atoms. The summed E-state index contributed by atoms with van der Waals surface area (Å²) in [6.07, 6.45) is 1.43. The van der Waals surface area contributed by atoms with Crippen LogP contribution in [-0.4, -0.2) is 15.6 Å². The third-order valence-electron chi connectivity index (χ3n) is 2.19. The Labute approximate surface area is 89.1 Å². The number of hydrogen-bond donors (Lipinski definition) is 0. The Balaban J connectivity index is 2.59. The Morgan fingerprint density at radius 3 is 2.57 bits per heavy atom. The molecule has 1 heterocycles. The smallest absolute Gasteiger partial charge is 0.129 e. The minimum atomic E-state index is 0.220. The molecule has 0 aliphatic heterocycles. The standard InChI is InChI=1S/C10H15ClN2O/c1-7(14)5-4-6-13-9(3)10(11)8(2)12-13/h4-6H2,1-3H3. The van der Waals surface area contributed by atoms with E-state index in [9.17, 15) is 4.79 Å². The molecule has 0 saturated carbocycles. The molecular weight excluding hydrogens is 200 g/mol. The summed E-state index contributed by atoms with van der Waals surface area (Å²) >= 11 is 5.99. The number of nitrogens with zero attached hydrogens (tertiary/aromatic N) is 2. The van der Waals surface area contributed by atoms with Gasteiger partial charge in [0.05, 0.1) is 16.4 Å². The molecule has 0 atom stereocenters. The van der Waals surface area contributed by atoms with E-state index < -0.39 is 0 Å². The van der Waals surface area contributed by atoms with Crippen LogP contribution < -0.4 is 0 Å². The van der Waals surface area contributed by atoms with E-state index in [1.54, 1.807) is 6.92 Å². The summed E-state index contributed by atoms with van der Waals surface area (Å²) in [6, 6.07) is 0. The van der Waals surface area contributed by atoms with E-state index in [0.717, 1.165) is 29.4 Å². The van der Waals surface area contributed by atoms with Crippen LogP contribution in [0.15, 0.2) is 0 Å². The van der Waals surface area contributed by atoms with Crippen LogP contribution in [0.3, 0.4) is 0 Å². The number of hydrogen-bond acceptors (Lipinski definition) is 2.